The van der Waals surface area contributed by atoms with Crippen molar-refractivity contribution >= 4 is 0 Å². The average molecular weight is 654 g/mol. The van der Waals surface area contributed by atoms with Crippen molar-refractivity contribution in [2.24, 2.45) is 0 Å². The second-order valence-corrected chi connectivity index (χ2v) is 13.7. The normalized spacial score (nSPS) is 12.7. The average Bonchev–Trinajstić information content (AvgIpc) is 3.44. The highest BCUT2D eigenvalue weighted by atomic mass is 15.0. The lowest BCUT2D eigenvalue weighted by molar-refractivity contribution is 0.661. The number of nitrogens with zero attached hydrogens (tertiary/aromatic N) is 3. The van der Waals surface area contributed by atoms with Gasteiger partial charge in [-0.3, -0.25) is 0 Å². The van der Waals surface area contributed by atoms with Gasteiger partial charge in [0.1, 0.15) is 0 Å². The minimum absolute atomic E-state index is 0.226. The molecule has 0 spiro atoms. The van der Waals surface area contributed by atoms with Gasteiger partial charge in [0.15, 0.2) is 17.5 Å². The van der Waals surface area contributed by atoms with Crippen LogP contribution in [0.15, 0.2) is 176 Å². The zero-order valence-corrected chi connectivity index (χ0v) is 28.6. The van der Waals surface area contributed by atoms with Crippen LogP contribution in [0.4, 0.5) is 0 Å². The van der Waals surface area contributed by atoms with E-state index in [1.807, 2.05) is 6.07 Å². The molecule has 9 rings (SSSR count). The van der Waals surface area contributed by atoms with Gasteiger partial charge in [-0.05, 0) is 79.9 Å². The van der Waals surface area contributed by atoms with Crippen LogP contribution in [0.25, 0.3) is 78.7 Å². The Balaban J connectivity index is 1.29. The molecular formula is C48H35N3. The number of hydrogen-bond donors (Lipinski definition) is 0. The van der Waals surface area contributed by atoms with Gasteiger partial charge >= 0.3 is 0 Å². The van der Waals surface area contributed by atoms with E-state index in [9.17, 15) is 0 Å². The summed E-state index contributed by atoms with van der Waals surface area (Å²) in [5.74, 6) is 1.95. The van der Waals surface area contributed by atoms with E-state index in [1.54, 1.807) is 0 Å². The first-order valence-corrected chi connectivity index (χ1v) is 17.4. The lowest BCUT2D eigenvalue weighted by atomic mass is 9.80. The van der Waals surface area contributed by atoms with E-state index < -0.39 is 0 Å². The van der Waals surface area contributed by atoms with Crippen LogP contribution in [-0.2, 0) is 5.41 Å². The summed E-state index contributed by atoms with van der Waals surface area (Å²) in [4.78, 5) is 15.9. The Morgan fingerprint density at radius 3 is 1.37 bits per heavy atom. The molecule has 1 aliphatic carbocycles. The second-order valence-electron chi connectivity index (χ2n) is 13.7. The predicted octanol–water partition coefficient (Wildman–Crippen LogP) is 12.2. The molecule has 7 aromatic carbocycles. The topological polar surface area (TPSA) is 38.7 Å². The second kappa shape index (κ2) is 12.5. The maximum absolute atomic E-state index is 5.33. The maximum Gasteiger partial charge on any atom is 0.164 e. The Hall–Kier alpha value is -6.45. The molecule has 0 saturated heterocycles. The molecule has 8 aromatic rings. The summed E-state index contributed by atoms with van der Waals surface area (Å²) in [6.45, 7) is 4.62. The zero-order chi connectivity index (χ0) is 34.4. The summed E-state index contributed by atoms with van der Waals surface area (Å²) < 4.78 is 0. The lowest BCUT2D eigenvalue weighted by Crippen LogP contribution is -2.17. The summed E-state index contributed by atoms with van der Waals surface area (Å²) >= 11 is 0. The van der Waals surface area contributed by atoms with Gasteiger partial charge in [-0.15, -0.1) is 0 Å². The van der Waals surface area contributed by atoms with Crippen molar-refractivity contribution in [3.05, 3.63) is 187 Å². The fraction of sp³-hybridized carbons (Fsp3) is 0.0625. The third-order valence-corrected chi connectivity index (χ3v) is 10.1. The third kappa shape index (κ3) is 5.53. The summed E-state index contributed by atoms with van der Waals surface area (Å²) in [5.41, 5.74) is 14.5. The van der Waals surface area contributed by atoms with Crippen molar-refractivity contribution in [2.45, 2.75) is 19.3 Å². The largest absolute Gasteiger partial charge is 0.208 e. The highest BCUT2D eigenvalue weighted by Gasteiger charge is 2.38. The Bertz CT molecular complexity index is 2480. The summed E-state index contributed by atoms with van der Waals surface area (Å²) in [6, 6.07) is 62.0. The zero-order valence-electron chi connectivity index (χ0n) is 28.6. The minimum atomic E-state index is -0.226. The summed E-state index contributed by atoms with van der Waals surface area (Å²) in [6.07, 6.45) is 0. The van der Waals surface area contributed by atoms with Crippen LogP contribution in [0.1, 0.15) is 25.0 Å². The van der Waals surface area contributed by atoms with Gasteiger partial charge in [0.05, 0.1) is 0 Å². The van der Waals surface area contributed by atoms with E-state index in [2.05, 4.69) is 184 Å². The molecule has 242 valence electrons. The molecule has 0 fully saturated rings. The molecule has 0 radical (unpaired) electrons. The Labute approximate surface area is 299 Å². The van der Waals surface area contributed by atoms with Crippen LogP contribution >= 0.6 is 0 Å². The monoisotopic (exact) mass is 653 g/mol. The standard InChI is InChI=1S/C48H35N3/c1-48(2)43-27-13-12-24-40(43)41-25-15-26-42(44(41)48)47-50-45(36-23-14-22-35(28-36)32-16-6-3-7-17-32)49-46(51-47)39-30-37(33-18-8-4-9-19-33)29-38(31-39)34-20-10-5-11-21-34/h3-31H,1-2H3. The Morgan fingerprint density at radius 1 is 0.314 bits per heavy atom. The molecule has 1 heterocycles. The summed E-state index contributed by atoms with van der Waals surface area (Å²) in [7, 11) is 0. The van der Waals surface area contributed by atoms with Crippen LogP contribution in [0.3, 0.4) is 0 Å². The van der Waals surface area contributed by atoms with Crippen molar-refractivity contribution in [3.63, 3.8) is 0 Å². The molecule has 3 heteroatoms. The first-order valence-electron chi connectivity index (χ1n) is 17.4. The van der Waals surface area contributed by atoms with Gasteiger partial charge in [-0.2, -0.15) is 0 Å². The van der Waals surface area contributed by atoms with Gasteiger partial charge in [0.25, 0.3) is 0 Å². The van der Waals surface area contributed by atoms with E-state index in [1.165, 1.54) is 22.3 Å². The first kappa shape index (κ1) is 30.6. The molecule has 0 bridgehead atoms. The Morgan fingerprint density at radius 2 is 0.725 bits per heavy atom. The van der Waals surface area contributed by atoms with E-state index in [-0.39, 0.29) is 5.41 Å². The predicted molar refractivity (Wildman–Crippen MR) is 210 cm³/mol. The van der Waals surface area contributed by atoms with Crippen molar-refractivity contribution in [2.75, 3.05) is 0 Å². The van der Waals surface area contributed by atoms with E-state index in [0.717, 1.165) is 50.1 Å². The quantitative estimate of drug-likeness (QED) is 0.179. The molecule has 0 N–H and O–H groups in total. The third-order valence-electron chi connectivity index (χ3n) is 10.1. The smallest absolute Gasteiger partial charge is 0.164 e. The fourth-order valence-electron chi connectivity index (χ4n) is 7.61. The fourth-order valence-corrected chi connectivity index (χ4v) is 7.61. The van der Waals surface area contributed by atoms with Gasteiger partial charge in [0, 0.05) is 22.1 Å². The number of aromatic nitrogens is 3. The summed E-state index contributed by atoms with van der Waals surface area (Å²) in [5, 5.41) is 0. The van der Waals surface area contributed by atoms with Gasteiger partial charge in [-0.1, -0.05) is 166 Å². The van der Waals surface area contributed by atoms with E-state index in [0.29, 0.717) is 17.5 Å². The van der Waals surface area contributed by atoms with Crippen LogP contribution in [0.2, 0.25) is 0 Å². The van der Waals surface area contributed by atoms with Gasteiger partial charge in [0.2, 0.25) is 0 Å². The number of benzene rings is 7. The SMILES string of the molecule is CC1(C)c2ccccc2-c2cccc(-c3nc(-c4cccc(-c5ccccc5)c4)nc(-c4cc(-c5ccccc5)cc(-c5ccccc5)c4)n3)c21. The molecule has 0 saturated carbocycles. The van der Waals surface area contributed by atoms with E-state index >= 15 is 0 Å². The number of hydrogen-bond acceptors (Lipinski definition) is 3. The molecule has 1 aromatic heterocycles. The molecule has 51 heavy (non-hydrogen) atoms. The van der Waals surface area contributed by atoms with Crippen LogP contribution in [-0.4, -0.2) is 15.0 Å². The molecule has 0 aliphatic heterocycles. The lowest BCUT2D eigenvalue weighted by Gasteiger charge is -2.24. The van der Waals surface area contributed by atoms with Crippen molar-refractivity contribution < 1.29 is 0 Å². The number of fused-ring (bicyclic) bond motifs is 3. The van der Waals surface area contributed by atoms with Crippen molar-refractivity contribution in [1.82, 2.24) is 15.0 Å². The molecule has 0 amide bonds. The number of rotatable bonds is 6. The molecular weight excluding hydrogens is 619 g/mol. The van der Waals surface area contributed by atoms with Crippen molar-refractivity contribution in [1.29, 1.82) is 0 Å². The molecule has 3 nitrogen and oxygen atoms in total. The van der Waals surface area contributed by atoms with Crippen LogP contribution < -0.4 is 0 Å². The van der Waals surface area contributed by atoms with E-state index in [4.69, 9.17) is 15.0 Å². The maximum atomic E-state index is 5.33. The molecule has 0 atom stereocenters. The first-order chi connectivity index (χ1) is 25.0. The highest BCUT2D eigenvalue weighted by molar-refractivity contribution is 5.88. The molecule has 0 unspecified atom stereocenters. The Kier molecular flexibility index (Phi) is 7.48. The molecule has 1 aliphatic rings. The van der Waals surface area contributed by atoms with Gasteiger partial charge < -0.3 is 0 Å². The van der Waals surface area contributed by atoms with Gasteiger partial charge in [-0.25, -0.2) is 15.0 Å². The van der Waals surface area contributed by atoms with Crippen LogP contribution in [0, 0.1) is 0 Å². The highest BCUT2D eigenvalue weighted by Crippen LogP contribution is 2.51. The minimum Gasteiger partial charge on any atom is -0.208 e. The van der Waals surface area contributed by atoms with Crippen molar-refractivity contribution in [3.8, 4) is 78.7 Å². The van der Waals surface area contributed by atoms with Crippen LogP contribution in [0.5, 0.6) is 0 Å².